The van der Waals surface area contributed by atoms with E-state index in [1.807, 2.05) is 60.7 Å². The van der Waals surface area contributed by atoms with E-state index in [2.05, 4.69) is 5.32 Å². The van der Waals surface area contributed by atoms with Gasteiger partial charge in [-0.2, -0.15) is 0 Å². The van der Waals surface area contributed by atoms with Gasteiger partial charge in [-0.05, 0) is 17.5 Å². The number of alkyl carbamates (subject to hydrolysis) is 1. The van der Waals surface area contributed by atoms with Gasteiger partial charge in [0.1, 0.15) is 25.5 Å². The van der Waals surface area contributed by atoms with E-state index >= 15 is 0 Å². The monoisotopic (exact) mass is 355 g/mol. The molecule has 2 aromatic rings. The third kappa shape index (κ3) is 6.76. The number of esters is 1. The molecule has 1 unspecified atom stereocenters. The van der Waals surface area contributed by atoms with Gasteiger partial charge in [0.15, 0.2) is 0 Å². The van der Waals surface area contributed by atoms with Crippen LogP contribution in [0.25, 0.3) is 0 Å². The molecule has 136 valence electrons. The Hall–Kier alpha value is -3.15. The summed E-state index contributed by atoms with van der Waals surface area (Å²) in [7, 11) is 0. The van der Waals surface area contributed by atoms with Gasteiger partial charge in [0.05, 0.1) is 0 Å². The number of aldehydes is 1. The van der Waals surface area contributed by atoms with Crippen molar-refractivity contribution >= 4 is 18.3 Å². The summed E-state index contributed by atoms with van der Waals surface area (Å²) in [4.78, 5) is 34.8. The molecular formula is C20H21NO5. The van der Waals surface area contributed by atoms with Crippen LogP contribution in [-0.4, -0.2) is 24.4 Å². The number of hydrogen-bond donors (Lipinski definition) is 1. The zero-order chi connectivity index (χ0) is 18.6. The zero-order valence-corrected chi connectivity index (χ0v) is 14.3. The Bertz CT molecular complexity index is 703. The molecule has 0 aromatic heterocycles. The summed E-state index contributed by atoms with van der Waals surface area (Å²) < 4.78 is 10.3. The second-order valence-electron chi connectivity index (χ2n) is 5.60. The summed E-state index contributed by atoms with van der Waals surface area (Å²) in [5.74, 6) is -0.604. The lowest BCUT2D eigenvalue weighted by Crippen LogP contribution is -2.42. The molecule has 6 heteroatoms. The Morgan fingerprint density at radius 3 is 1.96 bits per heavy atom. The van der Waals surface area contributed by atoms with Crippen LogP contribution in [0.5, 0.6) is 0 Å². The second kappa shape index (κ2) is 10.7. The van der Waals surface area contributed by atoms with E-state index in [4.69, 9.17) is 9.47 Å². The molecule has 2 aromatic carbocycles. The molecule has 0 saturated carbocycles. The van der Waals surface area contributed by atoms with Crippen molar-refractivity contribution in [1.29, 1.82) is 0 Å². The van der Waals surface area contributed by atoms with Crippen molar-refractivity contribution in [2.45, 2.75) is 32.1 Å². The van der Waals surface area contributed by atoms with Gasteiger partial charge < -0.3 is 19.6 Å². The fourth-order valence-electron chi connectivity index (χ4n) is 2.22. The molecule has 0 bridgehead atoms. The molecule has 0 saturated heterocycles. The van der Waals surface area contributed by atoms with Crippen LogP contribution < -0.4 is 5.32 Å². The molecule has 0 aliphatic rings. The highest BCUT2D eigenvalue weighted by Crippen LogP contribution is 2.06. The van der Waals surface area contributed by atoms with Gasteiger partial charge in [-0.25, -0.2) is 9.59 Å². The Kier molecular flexibility index (Phi) is 7.86. The molecule has 0 radical (unpaired) electrons. The minimum atomic E-state index is -0.938. The molecule has 0 aliphatic carbocycles. The van der Waals surface area contributed by atoms with Crippen LogP contribution in [0.15, 0.2) is 60.7 Å². The summed E-state index contributed by atoms with van der Waals surface area (Å²) in [5, 5.41) is 2.46. The first kappa shape index (κ1) is 19.2. The normalized spacial score (nSPS) is 11.2. The molecule has 26 heavy (non-hydrogen) atoms. The molecule has 0 spiro atoms. The van der Waals surface area contributed by atoms with E-state index in [1.54, 1.807) is 0 Å². The average Bonchev–Trinajstić information content (AvgIpc) is 2.69. The molecule has 1 amide bonds. The second-order valence-corrected chi connectivity index (χ2v) is 5.60. The van der Waals surface area contributed by atoms with Crippen LogP contribution in [0.2, 0.25) is 0 Å². The Balaban J connectivity index is 1.85. The predicted octanol–water partition coefficient (Wildman–Crippen LogP) is 3.00. The van der Waals surface area contributed by atoms with Crippen molar-refractivity contribution in [2.24, 2.45) is 0 Å². The summed E-state index contributed by atoms with van der Waals surface area (Å²) >= 11 is 0. The van der Waals surface area contributed by atoms with Gasteiger partial charge in [0, 0.05) is 6.42 Å². The van der Waals surface area contributed by atoms with Gasteiger partial charge in [-0.15, -0.1) is 0 Å². The van der Waals surface area contributed by atoms with Crippen molar-refractivity contribution in [3.05, 3.63) is 71.8 Å². The third-order valence-corrected chi connectivity index (χ3v) is 3.59. The first-order valence-corrected chi connectivity index (χ1v) is 8.30. The van der Waals surface area contributed by atoms with Crippen LogP contribution in [0.3, 0.4) is 0 Å². The van der Waals surface area contributed by atoms with E-state index in [1.165, 1.54) is 0 Å². The van der Waals surface area contributed by atoms with Crippen LogP contribution in [0.1, 0.15) is 24.0 Å². The van der Waals surface area contributed by atoms with Crippen molar-refractivity contribution in [3.8, 4) is 0 Å². The molecule has 1 N–H and O–H groups in total. The summed E-state index contributed by atoms with van der Waals surface area (Å²) in [5.41, 5.74) is 1.67. The predicted molar refractivity (Wildman–Crippen MR) is 95.1 cm³/mol. The smallest absolute Gasteiger partial charge is 0.408 e. The number of amides is 1. The molecule has 2 rings (SSSR count). The third-order valence-electron chi connectivity index (χ3n) is 3.59. The fourth-order valence-corrected chi connectivity index (χ4v) is 2.22. The van der Waals surface area contributed by atoms with Gasteiger partial charge in [-0.3, -0.25) is 0 Å². The van der Waals surface area contributed by atoms with E-state index in [0.717, 1.165) is 11.1 Å². The highest BCUT2D eigenvalue weighted by molar-refractivity contribution is 5.81. The van der Waals surface area contributed by atoms with Crippen LogP contribution in [0, 0.1) is 0 Å². The Morgan fingerprint density at radius 2 is 1.42 bits per heavy atom. The summed E-state index contributed by atoms with van der Waals surface area (Å²) in [6, 6.07) is 17.4. The Labute approximate surface area is 152 Å². The molecule has 0 aliphatic heterocycles. The lowest BCUT2D eigenvalue weighted by atomic mass is 10.1. The Morgan fingerprint density at radius 1 is 0.885 bits per heavy atom. The number of carbonyl (C=O) groups is 3. The summed E-state index contributed by atoms with van der Waals surface area (Å²) in [6.45, 7) is 0.185. The number of hydrogen-bond acceptors (Lipinski definition) is 5. The SMILES string of the molecule is O=CCCC(NC(=O)OCc1ccccc1)C(=O)OCc1ccccc1. The van der Waals surface area contributed by atoms with Crippen LogP contribution in [-0.2, 0) is 32.3 Å². The van der Waals surface area contributed by atoms with Gasteiger partial charge >= 0.3 is 12.1 Å². The minimum absolute atomic E-state index is 0.0894. The number of rotatable bonds is 9. The lowest BCUT2D eigenvalue weighted by molar-refractivity contribution is -0.147. The van der Waals surface area contributed by atoms with E-state index in [9.17, 15) is 14.4 Å². The van der Waals surface area contributed by atoms with Crippen molar-refractivity contribution in [2.75, 3.05) is 0 Å². The highest BCUT2D eigenvalue weighted by atomic mass is 16.6. The maximum atomic E-state index is 12.2. The maximum absolute atomic E-state index is 12.2. The first-order valence-electron chi connectivity index (χ1n) is 8.30. The highest BCUT2D eigenvalue weighted by Gasteiger charge is 2.22. The molecular weight excluding hydrogens is 334 g/mol. The number of carbonyl (C=O) groups excluding carboxylic acids is 3. The fraction of sp³-hybridized carbons (Fsp3) is 0.250. The minimum Gasteiger partial charge on any atom is -0.459 e. The van der Waals surface area contributed by atoms with Gasteiger partial charge in [0.25, 0.3) is 0 Å². The van der Waals surface area contributed by atoms with Crippen molar-refractivity contribution in [1.82, 2.24) is 5.32 Å². The molecule has 0 heterocycles. The van der Waals surface area contributed by atoms with Crippen LogP contribution >= 0.6 is 0 Å². The molecule has 6 nitrogen and oxygen atoms in total. The standard InChI is InChI=1S/C20H21NO5/c22-13-7-12-18(19(23)25-14-16-8-3-1-4-9-16)21-20(24)26-15-17-10-5-2-6-11-17/h1-6,8-11,13,18H,7,12,14-15H2,(H,21,24). The zero-order valence-electron chi connectivity index (χ0n) is 14.3. The molecule has 0 fully saturated rings. The van der Waals surface area contributed by atoms with Crippen molar-refractivity contribution < 1.29 is 23.9 Å². The van der Waals surface area contributed by atoms with Crippen molar-refractivity contribution in [3.63, 3.8) is 0 Å². The number of ether oxygens (including phenoxy) is 2. The maximum Gasteiger partial charge on any atom is 0.408 e. The average molecular weight is 355 g/mol. The van der Waals surface area contributed by atoms with E-state index < -0.39 is 18.1 Å². The number of benzene rings is 2. The first-order chi connectivity index (χ1) is 12.7. The largest absolute Gasteiger partial charge is 0.459 e. The summed E-state index contributed by atoms with van der Waals surface area (Å²) in [6.07, 6.45) is 0.234. The quantitative estimate of drug-likeness (QED) is 0.552. The molecule has 1 atom stereocenters. The topological polar surface area (TPSA) is 81.7 Å². The number of nitrogens with one attached hydrogen (secondary N) is 1. The van der Waals surface area contributed by atoms with E-state index in [-0.39, 0.29) is 26.1 Å². The van der Waals surface area contributed by atoms with Crippen LogP contribution in [0.4, 0.5) is 4.79 Å². The van der Waals surface area contributed by atoms with E-state index in [0.29, 0.717) is 6.29 Å². The van der Waals surface area contributed by atoms with Gasteiger partial charge in [-0.1, -0.05) is 60.7 Å². The lowest BCUT2D eigenvalue weighted by Gasteiger charge is -2.17. The van der Waals surface area contributed by atoms with Gasteiger partial charge in [0.2, 0.25) is 0 Å².